The lowest BCUT2D eigenvalue weighted by Crippen LogP contribution is -2.22. The zero-order valence-electron chi connectivity index (χ0n) is 12.3. The number of nitrogens with one attached hydrogen (secondary N) is 1. The van der Waals surface area contributed by atoms with Crippen LogP contribution < -0.4 is 10.1 Å². The van der Waals surface area contributed by atoms with Gasteiger partial charge in [-0.15, -0.1) is 0 Å². The molecule has 5 aromatic rings. The molecule has 5 rings (SSSR count). The van der Waals surface area contributed by atoms with Gasteiger partial charge in [-0.25, -0.2) is 9.38 Å². The number of aromatic nitrogens is 3. The number of imidazole rings is 1. The summed E-state index contributed by atoms with van der Waals surface area (Å²) in [6, 6.07) is 13.8. The Balaban J connectivity index is 1.82. The molecule has 0 spiro atoms. The molecule has 0 bridgehead atoms. The SMILES string of the molecule is O=c1/c(=C/c2c[nH]c3ccccc23)sc2nc3ccc(Br)cc3n12. The van der Waals surface area contributed by atoms with Gasteiger partial charge < -0.3 is 4.98 Å². The number of rotatable bonds is 1. The van der Waals surface area contributed by atoms with Crippen molar-refractivity contribution in [1.82, 2.24) is 14.4 Å². The second-order valence-corrected chi connectivity index (χ2v) is 7.49. The molecule has 3 aromatic heterocycles. The molecular formula is C18H10BrN3OS. The Morgan fingerprint density at radius 3 is 3.00 bits per heavy atom. The number of para-hydroxylation sites is 1. The summed E-state index contributed by atoms with van der Waals surface area (Å²) in [5.41, 5.74) is 3.71. The fraction of sp³-hybridized carbons (Fsp3) is 0. The Kier molecular flexibility index (Phi) is 2.92. The van der Waals surface area contributed by atoms with Gasteiger partial charge in [0.15, 0.2) is 4.96 Å². The highest BCUT2D eigenvalue weighted by Gasteiger charge is 2.11. The monoisotopic (exact) mass is 395 g/mol. The van der Waals surface area contributed by atoms with Crippen LogP contribution in [0.4, 0.5) is 0 Å². The van der Waals surface area contributed by atoms with E-state index in [9.17, 15) is 4.79 Å². The van der Waals surface area contributed by atoms with Gasteiger partial charge in [-0.1, -0.05) is 45.5 Å². The number of H-pyrrole nitrogens is 1. The van der Waals surface area contributed by atoms with Crippen molar-refractivity contribution in [3.05, 3.63) is 73.6 Å². The molecule has 4 nitrogen and oxygen atoms in total. The topological polar surface area (TPSA) is 50.2 Å². The van der Waals surface area contributed by atoms with Gasteiger partial charge >= 0.3 is 0 Å². The quantitative estimate of drug-likeness (QED) is 0.470. The zero-order chi connectivity index (χ0) is 16.3. The number of halogens is 1. The van der Waals surface area contributed by atoms with Crippen molar-refractivity contribution in [3.8, 4) is 0 Å². The predicted molar refractivity (Wildman–Crippen MR) is 102 cm³/mol. The molecule has 0 atom stereocenters. The molecule has 116 valence electrons. The first-order valence-electron chi connectivity index (χ1n) is 7.39. The summed E-state index contributed by atoms with van der Waals surface area (Å²) in [7, 11) is 0. The molecule has 0 amide bonds. The van der Waals surface area contributed by atoms with Gasteiger partial charge in [0.2, 0.25) is 0 Å². The van der Waals surface area contributed by atoms with Gasteiger partial charge in [-0.3, -0.25) is 4.79 Å². The first-order chi connectivity index (χ1) is 11.7. The molecular weight excluding hydrogens is 386 g/mol. The Hall–Kier alpha value is -2.44. The lowest BCUT2D eigenvalue weighted by Gasteiger charge is -1.91. The highest BCUT2D eigenvalue weighted by Crippen LogP contribution is 2.21. The summed E-state index contributed by atoms with van der Waals surface area (Å²) in [6.45, 7) is 0. The van der Waals surface area contributed by atoms with E-state index in [1.807, 2.05) is 54.7 Å². The van der Waals surface area contributed by atoms with E-state index in [0.717, 1.165) is 36.9 Å². The summed E-state index contributed by atoms with van der Waals surface area (Å²) in [4.78, 5) is 21.4. The first-order valence-corrected chi connectivity index (χ1v) is 9.00. The van der Waals surface area contributed by atoms with Crippen molar-refractivity contribution < 1.29 is 0 Å². The molecule has 0 unspecified atom stereocenters. The van der Waals surface area contributed by atoms with E-state index < -0.39 is 0 Å². The maximum Gasteiger partial charge on any atom is 0.274 e. The molecule has 0 aliphatic rings. The Bertz CT molecular complexity index is 1350. The summed E-state index contributed by atoms with van der Waals surface area (Å²) >= 11 is 4.88. The van der Waals surface area contributed by atoms with Gasteiger partial charge in [0.25, 0.3) is 5.56 Å². The molecule has 0 fully saturated rings. The first kappa shape index (κ1) is 13.9. The lowest BCUT2D eigenvalue weighted by atomic mass is 10.2. The van der Waals surface area contributed by atoms with Gasteiger partial charge in [-0.05, 0) is 30.3 Å². The third-order valence-corrected chi connectivity index (χ3v) is 5.57. The fourth-order valence-electron chi connectivity index (χ4n) is 2.99. The minimum absolute atomic E-state index is 0.0270. The smallest absolute Gasteiger partial charge is 0.274 e. The van der Waals surface area contributed by atoms with Crippen LogP contribution in [-0.2, 0) is 0 Å². The highest BCUT2D eigenvalue weighted by molar-refractivity contribution is 9.10. The van der Waals surface area contributed by atoms with Crippen LogP contribution in [0.1, 0.15) is 5.56 Å². The van der Waals surface area contributed by atoms with Crippen LogP contribution >= 0.6 is 27.3 Å². The molecule has 24 heavy (non-hydrogen) atoms. The normalized spacial score (nSPS) is 12.8. The second kappa shape index (κ2) is 5.03. The van der Waals surface area contributed by atoms with E-state index in [4.69, 9.17) is 0 Å². The molecule has 0 saturated heterocycles. The molecule has 0 radical (unpaired) electrons. The summed E-state index contributed by atoms with van der Waals surface area (Å²) in [6.07, 6.45) is 3.87. The number of hydrogen-bond acceptors (Lipinski definition) is 3. The molecule has 1 N–H and O–H groups in total. The van der Waals surface area contributed by atoms with Crippen LogP contribution in [0, 0.1) is 0 Å². The number of benzene rings is 2. The second-order valence-electron chi connectivity index (χ2n) is 5.57. The maximum absolute atomic E-state index is 12.9. The van der Waals surface area contributed by atoms with Crippen molar-refractivity contribution >= 4 is 60.2 Å². The van der Waals surface area contributed by atoms with E-state index >= 15 is 0 Å². The molecule has 6 heteroatoms. The standard InChI is InChI=1S/C18H10BrN3OS/c19-11-5-6-14-15(8-11)22-17(23)16(24-18(22)21-14)7-10-9-20-13-4-2-1-3-12(10)13/h1-9,20H/b16-7-. The summed E-state index contributed by atoms with van der Waals surface area (Å²) in [5.74, 6) is 0. The molecule has 0 aliphatic heterocycles. The summed E-state index contributed by atoms with van der Waals surface area (Å²) < 4.78 is 3.31. The number of nitrogens with zero attached hydrogens (tertiary/aromatic N) is 2. The van der Waals surface area contributed by atoms with E-state index in [2.05, 4.69) is 25.9 Å². The van der Waals surface area contributed by atoms with Crippen LogP contribution in [0.5, 0.6) is 0 Å². The average molecular weight is 396 g/mol. The molecule has 0 aliphatic carbocycles. The summed E-state index contributed by atoms with van der Waals surface area (Å²) in [5, 5.41) is 1.11. The van der Waals surface area contributed by atoms with E-state index in [0.29, 0.717) is 4.53 Å². The Morgan fingerprint density at radius 2 is 2.08 bits per heavy atom. The fourth-order valence-corrected chi connectivity index (χ4v) is 4.32. The van der Waals surface area contributed by atoms with E-state index in [-0.39, 0.29) is 5.56 Å². The largest absolute Gasteiger partial charge is 0.361 e. The molecule has 3 heterocycles. The van der Waals surface area contributed by atoms with Crippen molar-refractivity contribution in [2.45, 2.75) is 0 Å². The zero-order valence-corrected chi connectivity index (χ0v) is 14.7. The Morgan fingerprint density at radius 1 is 1.21 bits per heavy atom. The number of hydrogen-bond donors (Lipinski definition) is 1. The van der Waals surface area contributed by atoms with Gasteiger partial charge in [0, 0.05) is 27.1 Å². The van der Waals surface area contributed by atoms with Crippen LogP contribution in [0.3, 0.4) is 0 Å². The minimum atomic E-state index is -0.0270. The third-order valence-electron chi connectivity index (χ3n) is 4.11. The average Bonchev–Trinajstić information content (AvgIpc) is 3.23. The maximum atomic E-state index is 12.9. The number of thiazole rings is 1. The number of fused-ring (bicyclic) bond motifs is 4. The van der Waals surface area contributed by atoms with Crippen molar-refractivity contribution in [3.63, 3.8) is 0 Å². The Labute approximate surface area is 148 Å². The van der Waals surface area contributed by atoms with Crippen molar-refractivity contribution in [2.75, 3.05) is 0 Å². The molecule has 2 aromatic carbocycles. The predicted octanol–water partition coefficient (Wildman–Crippen LogP) is 3.70. The van der Waals surface area contributed by atoms with Crippen LogP contribution in [0.15, 0.2) is 57.9 Å². The molecule has 0 saturated carbocycles. The number of aromatic amines is 1. The van der Waals surface area contributed by atoms with Crippen molar-refractivity contribution in [1.29, 1.82) is 0 Å². The van der Waals surface area contributed by atoms with Gasteiger partial charge in [-0.2, -0.15) is 0 Å². The van der Waals surface area contributed by atoms with E-state index in [1.165, 1.54) is 11.3 Å². The third kappa shape index (κ3) is 1.96. The van der Waals surface area contributed by atoms with Crippen LogP contribution in [0.2, 0.25) is 0 Å². The highest BCUT2D eigenvalue weighted by atomic mass is 79.9. The van der Waals surface area contributed by atoms with E-state index in [1.54, 1.807) is 4.40 Å². The minimum Gasteiger partial charge on any atom is -0.361 e. The lowest BCUT2D eigenvalue weighted by molar-refractivity contribution is 1.19. The van der Waals surface area contributed by atoms with Gasteiger partial charge in [0.1, 0.15) is 0 Å². The van der Waals surface area contributed by atoms with Gasteiger partial charge in [0.05, 0.1) is 15.6 Å². The van der Waals surface area contributed by atoms with Crippen LogP contribution in [0.25, 0.3) is 33.0 Å². The van der Waals surface area contributed by atoms with Crippen LogP contribution in [-0.4, -0.2) is 14.4 Å². The van der Waals surface area contributed by atoms with Crippen molar-refractivity contribution in [2.24, 2.45) is 0 Å².